The number of nitrogens with zero attached hydrogens (tertiary/aromatic N) is 5. The molecule has 0 fully saturated rings. The number of aliphatic imine (C=N–C) groups is 1. The number of hydrogen-bond donors (Lipinski definition) is 5. The second kappa shape index (κ2) is 15.8. The third-order valence-electron chi connectivity index (χ3n) is 7.02. The predicted octanol–water partition coefficient (Wildman–Crippen LogP) is 0.0227. The van der Waals surface area contributed by atoms with Gasteiger partial charge in [0.2, 0.25) is 6.41 Å². The van der Waals surface area contributed by atoms with Crippen LogP contribution < -0.4 is 27.3 Å². The van der Waals surface area contributed by atoms with Crippen molar-refractivity contribution in [3.63, 3.8) is 0 Å². The van der Waals surface area contributed by atoms with Gasteiger partial charge in [-0.25, -0.2) is 4.98 Å². The van der Waals surface area contributed by atoms with Gasteiger partial charge in [-0.05, 0) is 56.9 Å². The highest BCUT2D eigenvalue weighted by atomic mass is 32.3. The maximum absolute atomic E-state index is 13.2. The number of amides is 2. The van der Waals surface area contributed by atoms with E-state index in [4.69, 9.17) is 31.3 Å². The largest absolute Gasteiger partial charge is 0.490 e. The summed E-state index contributed by atoms with van der Waals surface area (Å²) in [5.74, 6) is 0.0289. The van der Waals surface area contributed by atoms with Gasteiger partial charge >= 0.3 is 10.4 Å². The van der Waals surface area contributed by atoms with Gasteiger partial charge in [0.05, 0.1) is 11.6 Å². The molecule has 2 aromatic rings. The van der Waals surface area contributed by atoms with Crippen molar-refractivity contribution in [1.29, 1.82) is 0 Å². The number of aromatic nitrogens is 1. The zero-order valence-electron chi connectivity index (χ0n) is 25.2. The van der Waals surface area contributed by atoms with Crippen molar-refractivity contribution in [2.45, 2.75) is 51.7 Å². The number of carbonyl (C=O) groups is 2. The lowest BCUT2D eigenvalue weighted by molar-refractivity contribution is -0.166. The number of hydrogen-bond acceptors (Lipinski definition) is 13. The molecule has 0 radical (unpaired) electrons. The lowest BCUT2D eigenvalue weighted by Crippen LogP contribution is -2.58. The van der Waals surface area contributed by atoms with Crippen LogP contribution in [0.1, 0.15) is 44.0 Å². The SMILES string of the molecule is CC(NC(=O)/C(=N\OCCOc1ccc2c(c1)CCN(CCCN=C(N)N)C2)c1csc(N)n1)C(C)(C)N(C=O)OS(=O)(=O)O. The van der Waals surface area contributed by atoms with E-state index in [-0.39, 0.29) is 42.1 Å². The van der Waals surface area contributed by atoms with Crippen LogP contribution in [0.15, 0.2) is 33.7 Å². The van der Waals surface area contributed by atoms with Crippen molar-refractivity contribution in [3.8, 4) is 5.75 Å². The minimum atomic E-state index is -5.00. The highest BCUT2D eigenvalue weighted by molar-refractivity contribution is 7.80. The highest BCUT2D eigenvalue weighted by Crippen LogP contribution is 2.24. The lowest BCUT2D eigenvalue weighted by Gasteiger charge is -2.37. The van der Waals surface area contributed by atoms with Crippen molar-refractivity contribution in [3.05, 3.63) is 40.4 Å². The van der Waals surface area contributed by atoms with Crippen LogP contribution >= 0.6 is 11.3 Å². The standard InChI is InChI=1S/C26H39N9O8S2/c1-17(26(2,3)35(16-36)43-45(38,39)40)31-23(37)22(21-15-44-25(29)32-21)33-42-12-11-41-20-6-5-19-14-34(10-7-18(19)13-20)9-4-8-30-24(27)28/h5-6,13,15-17H,4,7-12,14H2,1-3H3,(H2,29,32)(H,31,37)(H4,27,28,30)(H,38,39,40)/b33-22-. The number of nitrogens with two attached hydrogens (primary N) is 3. The number of guanidine groups is 1. The quantitative estimate of drug-likeness (QED) is 0.0373. The Hall–Kier alpha value is -4.04. The molecule has 0 saturated heterocycles. The Morgan fingerprint density at radius 1 is 1.31 bits per heavy atom. The lowest BCUT2D eigenvalue weighted by atomic mass is 9.95. The van der Waals surface area contributed by atoms with Crippen LogP contribution in [0, 0.1) is 0 Å². The molecule has 45 heavy (non-hydrogen) atoms. The van der Waals surface area contributed by atoms with Gasteiger partial charge in [0.15, 0.2) is 23.4 Å². The van der Waals surface area contributed by atoms with Gasteiger partial charge in [0.1, 0.15) is 18.1 Å². The van der Waals surface area contributed by atoms with Gasteiger partial charge in [-0.15, -0.1) is 15.6 Å². The summed E-state index contributed by atoms with van der Waals surface area (Å²) >= 11 is 1.09. The molecule has 248 valence electrons. The second-order valence-corrected chi connectivity index (χ2v) is 12.5. The first-order valence-corrected chi connectivity index (χ1v) is 16.1. The Kier molecular flexibility index (Phi) is 12.4. The fraction of sp³-hybridized carbons (Fsp3) is 0.500. The predicted molar refractivity (Wildman–Crippen MR) is 167 cm³/mol. The van der Waals surface area contributed by atoms with Crippen molar-refractivity contribution in [2.24, 2.45) is 21.6 Å². The number of anilines is 1. The number of carbonyl (C=O) groups excluding carboxylic acids is 2. The maximum Gasteiger partial charge on any atom is 0.418 e. The Labute approximate surface area is 265 Å². The molecule has 1 unspecified atom stereocenters. The van der Waals surface area contributed by atoms with Crippen molar-refractivity contribution >= 4 is 50.9 Å². The van der Waals surface area contributed by atoms with Crippen LogP contribution in [0.5, 0.6) is 5.75 Å². The molecular weight excluding hydrogens is 630 g/mol. The topological polar surface area (TPSA) is 250 Å². The van der Waals surface area contributed by atoms with Crippen LogP contribution in [0.2, 0.25) is 0 Å². The number of fused-ring (bicyclic) bond motifs is 1. The van der Waals surface area contributed by atoms with E-state index in [1.807, 2.05) is 18.2 Å². The van der Waals surface area contributed by atoms with E-state index in [0.29, 0.717) is 17.4 Å². The van der Waals surface area contributed by atoms with Crippen molar-refractivity contribution in [2.75, 3.05) is 38.6 Å². The van der Waals surface area contributed by atoms with Crippen LogP contribution in [0.25, 0.3) is 0 Å². The molecule has 2 heterocycles. The summed E-state index contributed by atoms with van der Waals surface area (Å²) in [6, 6.07) is 5.02. The van der Waals surface area contributed by atoms with Gasteiger partial charge in [0.25, 0.3) is 5.91 Å². The molecule has 0 bridgehead atoms. The van der Waals surface area contributed by atoms with Crippen LogP contribution in [-0.2, 0) is 42.1 Å². The molecule has 1 aliphatic heterocycles. The Bertz CT molecular complexity index is 1490. The Morgan fingerprint density at radius 3 is 2.71 bits per heavy atom. The molecule has 0 aliphatic carbocycles. The molecular formula is C26H39N9O8S2. The number of nitrogens with one attached hydrogen (secondary N) is 1. The molecule has 0 saturated carbocycles. The number of oxime groups is 1. The van der Waals surface area contributed by atoms with E-state index in [9.17, 15) is 18.0 Å². The smallest absolute Gasteiger partial charge is 0.418 e. The first-order valence-electron chi connectivity index (χ1n) is 13.9. The monoisotopic (exact) mass is 669 g/mol. The van der Waals surface area contributed by atoms with Crippen LogP contribution in [0.4, 0.5) is 5.13 Å². The summed E-state index contributed by atoms with van der Waals surface area (Å²) in [4.78, 5) is 40.5. The average Bonchev–Trinajstić information content (AvgIpc) is 3.40. The molecule has 17 nitrogen and oxygen atoms in total. The van der Waals surface area contributed by atoms with Gasteiger partial charge < -0.3 is 32.1 Å². The van der Waals surface area contributed by atoms with Crippen LogP contribution in [0.3, 0.4) is 0 Å². The van der Waals surface area contributed by atoms with E-state index >= 15 is 0 Å². The average molecular weight is 670 g/mol. The second-order valence-electron chi connectivity index (χ2n) is 10.6. The normalized spacial score (nSPS) is 14.6. The van der Waals surface area contributed by atoms with Gasteiger partial charge in [-0.1, -0.05) is 11.2 Å². The summed E-state index contributed by atoms with van der Waals surface area (Å²) in [5, 5.41) is 8.64. The highest BCUT2D eigenvalue weighted by Gasteiger charge is 2.38. The number of rotatable bonds is 17. The van der Waals surface area contributed by atoms with E-state index in [0.717, 1.165) is 43.8 Å². The summed E-state index contributed by atoms with van der Waals surface area (Å²) in [7, 11) is -5.00. The summed E-state index contributed by atoms with van der Waals surface area (Å²) < 4.78 is 41.5. The molecule has 2 amide bonds. The molecule has 1 atom stereocenters. The molecule has 8 N–H and O–H groups in total. The molecule has 1 aromatic heterocycles. The third kappa shape index (κ3) is 10.8. The zero-order valence-corrected chi connectivity index (χ0v) is 26.8. The van der Waals surface area contributed by atoms with Crippen molar-refractivity contribution < 1.29 is 36.4 Å². The number of benzene rings is 1. The molecule has 19 heteroatoms. The maximum atomic E-state index is 13.2. The van der Waals surface area contributed by atoms with E-state index in [2.05, 4.69) is 29.6 Å². The Balaban J connectivity index is 1.57. The van der Waals surface area contributed by atoms with Gasteiger partial charge in [0, 0.05) is 31.6 Å². The fourth-order valence-corrected chi connectivity index (χ4v) is 5.24. The minimum absolute atomic E-state index is 0.000770. The van der Waals surface area contributed by atoms with E-state index in [1.165, 1.54) is 37.3 Å². The van der Waals surface area contributed by atoms with Crippen LogP contribution in [-0.4, -0.2) is 96.3 Å². The minimum Gasteiger partial charge on any atom is -0.490 e. The first-order chi connectivity index (χ1) is 21.2. The zero-order chi connectivity index (χ0) is 33.2. The molecule has 1 aromatic carbocycles. The Morgan fingerprint density at radius 2 is 2.07 bits per heavy atom. The molecule has 1 aliphatic rings. The fourth-order valence-electron chi connectivity index (χ4n) is 4.26. The van der Waals surface area contributed by atoms with E-state index < -0.39 is 27.9 Å². The summed E-state index contributed by atoms with van der Waals surface area (Å²) in [5.41, 5.74) is 17.4. The summed E-state index contributed by atoms with van der Waals surface area (Å²) in [6.07, 6.45) is 1.82. The van der Waals surface area contributed by atoms with Crippen molar-refractivity contribution in [1.82, 2.24) is 20.3 Å². The number of hydroxylamine groups is 2. The third-order valence-corrected chi connectivity index (χ3v) is 8.04. The van der Waals surface area contributed by atoms with Gasteiger partial charge in [-0.3, -0.25) is 24.0 Å². The molecule has 0 spiro atoms. The molecule has 3 rings (SSSR count). The van der Waals surface area contributed by atoms with Gasteiger partial charge in [-0.2, -0.15) is 13.5 Å². The van der Waals surface area contributed by atoms with E-state index in [1.54, 1.807) is 0 Å². The number of thiazole rings is 1. The number of ether oxygens (including phenoxy) is 1. The first kappa shape index (κ1) is 35.4. The summed E-state index contributed by atoms with van der Waals surface area (Å²) in [6.45, 7) is 7.70. The number of nitrogen functional groups attached to an aromatic ring is 1.